The molecule has 4 aromatic carbocycles. The molecule has 0 aliphatic heterocycles. The Labute approximate surface area is 280 Å². The van der Waals surface area contributed by atoms with Gasteiger partial charge in [-0.2, -0.15) is 5.26 Å². The lowest BCUT2D eigenvalue weighted by Crippen LogP contribution is -2.23. The second kappa shape index (κ2) is 15.2. The summed E-state index contributed by atoms with van der Waals surface area (Å²) in [4.78, 5) is 18.2. The van der Waals surface area contributed by atoms with E-state index < -0.39 is 15.9 Å². The van der Waals surface area contributed by atoms with E-state index in [1.54, 1.807) is 42.7 Å². The first-order valence-corrected chi connectivity index (χ1v) is 16.9. The van der Waals surface area contributed by atoms with Crippen molar-refractivity contribution in [3.05, 3.63) is 148 Å². The molecule has 5 rings (SSSR count). The van der Waals surface area contributed by atoms with Gasteiger partial charge in [0.1, 0.15) is 24.7 Å². The first-order valence-electron chi connectivity index (χ1n) is 15.0. The number of sulfonamides is 1. The fourth-order valence-corrected chi connectivity index (χ4v) is 5.73. The van der Waals surface area contributed by atoms with Crippen LogP contribution in [0.15, 0.2) is 109 Å². The van der Waals surface area contributed by atoms with E-state index in [4.69, 9.17) is 15.2 Å². The Bertz CT molecular complexity index is 2030. The van der Waals surface area contributed by atoms with Gasteiger partial charge in [-0.25, -0.2) is 8.42 Å². The highest BCUT2D eigenvalue weighted by molar-refractivity contribution is 7.92. The Morgan fingerprint density at radius 3 is 2.15 bits per heavy atom. The molecule has 0 spiro atoms. The first kappa shape index (κ1) is 33.5. The molecule has 244 valence electrons. The average molecular weight is 662 g/mol. The van der Waals surface area contributed by atoms with Gasteiger partial charge >= 0.3 is 0 Å². The molecule has 5 aromatic rings. The monoisotopic (exact) mass is 661 g/mol. The molecule has 11 heteroatoms. The van der Waals surface area contributed by atoms with Gasteiger partial charge in [0.15, 0.2) is 0 Å². The smallest absolute Gasteiger partial charge is 0.248 e. The molecule has 3 N–H and O–H groups in total. The highest BCUT2D eigenvalue weighted by atomic mass is 32.2. The molecule has 0 saturated heterocycles. The van der Waals surface area contributed by atoms with Crippen molar-refractivity contribution in [2.45, 2.75) is 33.2 Å². The van der Waals surface area contributed by atoms with Crippen LogP contribution in [0.25, 0.3) is 0 Å². The Morgan fingerprint density at radius 2 is 1.52 bits per heavy atom. The number of nitrogens with zero attached hydrogens (tertiary/aromatic N) is 3. The quantitative estimate of drug-likeness (QED) is 0.145. The van der Waals surface area contributed by atoms with Gasteiger partial charge in [0, 0.05) is 42.3 Å². The largest absolute Gasteiger partial charge is 0.489 e. The van der Waals surface area contributed by atoms with Crippen LogP contribution in [0.5, 0.6) is 11.5 Å². The third-order valence-electron chi connectivity index (χ3n) is 7.48. The molecule has 0 bridgehead atoms. The van der Waals surface area contributed by atoms with Crippen LogP contribution in [-0.2, 0) is 36.3 Å². The molecule has 0 aliphatic carbocycles. The lowest BCUT2D eigenvalue weighted by atomic mass is 10.1. The van der Waals surface area contributed by atoms with Crippen LogP contribution in [0, 0.1) is 18.3 Å². The minimum Gasteiger partial charge on any atom is -0.489 e. The van der Waals surface area contributed by atoms with Crippen LogP contribution in [-0.4, -0.2) is 25.6 Å². The van der Waals surface area contributed by atoms with Crippen molar-refractivity contribution in [1.29, 1.82) is 5.26 Å². The molecule has 1 heterocycles. The SMILES string of the molecule is Cc1c(NS(C)(=O)=O)cccc1N(Cc1ccc(C#N)cc1)Cc1ccc(OCc2cc(OCc3cccnc3)cc(C(N)=O)c2)cc1. The number of amides is 1. The predicted molar refractivity (Wildman–Crippen MR) is 185 cm³/mol. The number of rotatable bonds is 14. The molecule has 1 amide bonds. The van der Waals surface area contributed by atoms with Crippen molar-refractivity contribution in [3.8, 4) is 17.6 Å². The summed E-state index contributed by atoms with van der Waals surface area (Å²) >= 11 is 0. The maximum absolute atomic E-state index is 12.0. The fraction of sp³-hybridized carbons (Fsp3) is 0.162. The molecule has 0 radical (unpaired) electrons. The third-order valence-corrected chi connectivity index (χ3v) is 8.07. The van der Waals surface area contributed by atoms with Gasteiger partial charge in [-0.3, -0.25) is 14.5 Å². The molecule has 0 fully saturated rings. The zero-order chi connectivity index (χ0) is 34.1. The molecule has 0 atom stereocenters. The van der Waals surface area contributed by atoms with Gasteiger partial charge in [-0.1, -0.05) is 36.4 Å². The van der Waals surface area contributed by atoms with Crippen molar-refractivity contribution in [2.24, 2.45) is 5.73 Å². The zero-order valence-electron chi connectivity index (χ0n) is 26.6. The van der Waals surface area contributed by atoms with Crippen LogP contribution in [0.4, 0.5) is 11.4 Å². The number of nitrogens with two attached hydrogens (primary N) is 1. The van der Waals surface area contributed by atoms with E-state index in [1.807, 2.05) is 73.7 Å². The fourth-order valence-electron chi connectivity index (χ4n) is 5.11. The van der Waals surface area contributed by atoms with E-state index >= 15 is 0 Å². The number of hydrogen-bond donors (Lipinski definition) is 2. The van der Waals surface area contributed by atoms with Crippen molar-refractivity contribution < 1.29 is 22.7 Å². The maximum atomic E-state index is 12.0. The summed E-state index contributed by atoms with van der Waals surface area (Å²) in [7, 11) is -3.47. The summed E-state index contributed by atoms with van der Waals surface area (Å²) < 4.78 is 38.6. The lowest BCUT2D eigenvalue weighted by molar-refractivity contribution is 0.0999. The summed E-state index contributed by atoms with van der Waals surface area (Å²) in [6, 6.07) is 31.6. The Kier molecular flexibility index (Phi) is 10.6. The van der Waals surface area contributed by atoms with E-state index in [1.165, 1.54) is 0 Å². The van der Waals surface area contributed by atoms with Gasteiger partial charge in [0.2, 0.25) is 15.9 Å². The molecule has 0 aliphatic rings. The van der Waals surface area contributed by atoms with Crippen LogP contribution < -0.4 is 24.8 Å². The minimum absolute atomic E-state index is 0.188. The Balaban J connectivity index is 1.32. The normalized spacial score (nSPS) is 10.9. The van der Waals surface area contributed by atoms with Gasteiger partial charge in [0.05, 0.1) is 23.6 Å². The number of benzene rings is 4. The van der Waals surface area contributed by atoms with E-state index in [2.05, 4.69) is 20.7 Å². The second-order valence-corrected chi connectivity index (χ2v) is 13.0. The van der Waals surface area contributed by atoms with Gasteiger partial charge in [0.25, 0.3) is 0 Å². The van der Waals surface area contributed by atoms with E-state index in [9.17, 15) is 18.5 Å². The van der Waals surface area contributed by atoms with Gasteiger partial charge in [-0.15, -0.1) is 0 Å². The van der Waals surface area contributed by atoms with Crippen LogP contribution in [0.1, 0.15) is 43.7 Å². The maximum Gasteiger partial charge on any atom is 0.248 e. The molecule has 0 unspecified atom stereocenters. The number of carbonyl (C=O) groups is 1. The van der Waals surface area contributed by atoms with Crippen LogP contribution >= 0.6 is 0 Å². The first-order chi connectivity index (χ1) is 23.1. The molecule has 48 heavy (non-hydrogen) atoms. The van der Waals surface area contributed by atoms with Gasteiger partial charge < -0.3 is 20.1 Å². The van der Waals surface area contributed by atoms with Crippen LogP contribution in [0.3, 0.4) is 0 Å². The minimum atomic E-state index is -3.47. The zero-order valence-corrected chi connectivity index (χ0v) is 27.4. The van der Waals surface area contributed by atoms with E-state index in [0.29, 0.717) is 41.4 Å². The molecule has 1 aromatic heterocycles. The van der Waals surface area contributed by atoms with Crippen molar-refractivity contribution >= 4 is 27.3 Å². The van der Waals surface area contributed by atoms with Gasteiger partial charge in [-0.05, 0) is 89.8 Å². The highest BCUT2D eigenvalue weighted by Crippen LogP contribution is 2.30. The molecular weight excluding hydrogens is 627 g/mol. The number of primary amides is 1. The van der Waals surface area contributed by atoms with Crippen molar-refractivity contribution in [3.63, 3.8) is 0 Å². The predicted octanol–water partition coefficient (Wildman–Crippen LogP) is 6.10. The van der Waals surface area contributed by atoms with E-state index in [-0.39, 0.29) is 13.2 Å². The van der Waals surface area contributed by atoms with Crippen molar-refractivity contribution in [1.82, 2.24) is 4.98 Å². The molecule has 0 saturated carbocycles. The summed E-state index contributed by atoms with van der Waals surface area (Å²) in [5.41, 5.74) is 12.3. The number of carbonyl (C=O) groups excluding carboxylic acids is 1. The van der Waals surface area contributed by atoms with Crippen LogP contribution in [0.2, 0.25) is 0 Å². The third kappa shape index (κ3) is 9.34. The molecular formula is C37H35N5O5S. The highest BCUT2D eigenvalue weighted by Gasteiger charge is 2.16. The summed E-state index contributed by atoms with van der Waals surface area (Å²) in [6.45, 7) is 3.40. The Morgan fingerprint density at radius 1 is 0.854 bits per heavy atom. The number of nitriles is 1. The van der Waals surface area contributed by atoms with Crippen molar-refractivity contribution in [2.75, 3.05) is 15.9 Å². The number of hydrogen-bond acceptors (Lipinski definition) is 8. The average Bonchev–Trinajstić information content (AvgIpc) is 3.08. The number of aromatic nitrogens is 1. The Hall–Kier alpha value is -5.86. The summed E-state index contributed by atoms with van der Waals surface area (Å²) in [5.74, 6) is 0.568. The lowest BCUT2D eigenvalue weighted by Gasteiger charge is -2.28. The molecule has 10 nitrogen and oxygen atoms in total. The summed E-state index contributed by atoms with van der Waals surface area (Å²) in [5, 5.41) is 9.22. The summed E-state index contributed by atoms with van der Waals surface area (Å²) in [6.07, 6.45) is 4.53. The number of ether oxygens (including phenoxy) is 2. The number of anilines is 2. The standard InChI is InChI=1S/C37H35N5O5S/c1-26-35(41-48(2,44)45)6-3-7-36(26)42(22-28-10-8-27(20-38)9-11-28)23-29-12-14-33(15-13-29)46-25-31-17-32(37(39)43)19-34(18-31)47-24-30-5-4-16-40-21-30/h3-19,21,41H,22-25H2,1-2H3,(H2,39,43). The number of nitrogens with one attached hydrogen (secondary N) is 1. The number of pyridine rings is 1. The second-order valence-electron chi connectivity index (χ2n) is 11.3. The topological polar surface area (TPSA) is 148 Å². The van der Waals surface area contributed by atoms with E-state index in [0.717, 1.165) is 39.8 Å².